The number of benzene rings is 2. The van der Waals surface area contributed by atoms with E-state index in [-0.39, 0.29) is 11.7 Å². The molecule has 3 rings (SSSR count). The number of amides is 1. The van der Waals surface area contributed by atoms with Gasteiger partial charge in [-0.1, -0.05) is 12.1 Å². The first-order valence-electron chi connectivity index (χ1n) is 6.97. The number of halogens is 1. The van der Waals surface area contributed by atoms with E-state index in [4.69, 9.17) is 4.74 Å². The van der Waals surface area contributed by atoms with Gasteiger partial charge < -0.3 is 15.2 Å². The second-order valence-electron chi connectivity index (χ2n) is 4.89. The number of hydrogen-bond acceptors (Lipinski definition) is 5. The van der Waals surface area contributed by atoms with Crippen molar-refractivity contribution in [2.45, 2.75) is 0 Å². The Labute approximate surface area is 141 Å². The standard InChI is InChI=1S/C17H13FN2O3S/c1-23-14-7-10(5-6-13(14)21)8-15-16(22)20-17(24-15)19-12-4-2-3-11(18)9-12/h2-9,21H,1H3,(H,19,20,22)/b15-8-. The number of rotatable bonds is 3. The van der Waals surface area contributed by atoms with E-state index >= 15 is 0 Å². The van der Waals surface area contributed by atoms with Crippen molar-refractivity contribution < 1.29 is 19.0 Å². The Hall–Kier alpha value is -2.80. The lowest BCUT2D eigenvalue weighted by Crippen LogP contribution is -2.19. The molecule has 1 fully saturated rings. The van der Waals surface area contributed by atoms with Crippen molar-refractivity contribution in [2.75, 3.05) is 7.11 Å². The van der Waals surface area contributed by atoms with Gasteiger partial charge in [-0.15, -0.1) is 0 Å². The molecule has 5 nitrogen and oxygen atoms in total. The minimum absolute atomic E-state index is 0.0246. The Morgan fingerprint density at radius 3 is 2.88 bits per heavy atom. The number of aromatic hydroxyl groups is 1. The molecule has 0 radical (unpaired) electrons. The number of hydrogen-bond donors (Lipinski definition) is 2. The van der Waals surface area contributed by atoms with Crippen LogP contribution in [0.25, 0.3) is 6.08 Å². The zero-order valence-corrected chi connectivity index (χ0v) is 13.4. The van der Waals surface area contributed by atoms with E-state index in [9.17, 15) is 14.3 Å². The fourth-order valence-electron chi connectivity index (χ4n) is 2.08. The van der Waals surface area contributed by atoms with Gasteiger partial charge in [-0.2, -0.15) is 0 Å². The van der Waals surface area contributed by atoms with Crippen LogP contribution in [0.2, 0.25) is 0 Å². The quantitative estimate of drug-likeness (QED) is 0.837. The van der Waals surface area contributed by atoms with Crippen molar-refractivity contribution in [3.05, 3.63) is 58.8 Å². The largest absolute Gasteiger partial charge is 0.504 e. The topological polar surface area (TPSA) is 70.9 Å². The van der Waals surface area contributed by atoms with Crippen LogP contribution in [-0.2, 0) is 4.79 Å². The first-order chi connectivity index (χ1) is 11.5. The highest BCUT2D eigenvalue weighted by Gasteiger charge is 2.24. The van der Waals surface area contributed by atoms with E-state index in [0.29, 0.717) is 27.1 Å². The lowest BCUT2D eigenvalue weighted by atomic mass is 10.2. The molecule has 1 heterocycles. The molecule has 1 amide bonds. The number of methoxy groups -OCH3 is 1. The second kappa shape index (κ2) is 6.76. The molecule has 0 aliphatic carbocycles. The number of nitrogens with zero attached hydrogens (tertiary/aromatic N) is 1. The molecule has 2 aromatic rings. The predicted octanol–water partition coefficient (Wildman–Crippen LogP) is 3.43. The Morgan fingerprint density at radius 1 is 1.29 bits per heavy atom. The van der Waals surface area contributed by atoms with Crippen LogP contribution < -0.4 is 10.1 Å². The van der Waals surface area contributed by atoms with E-state index in [2.05, 4.69) is 10.3 Å². The van der Waals surface area contributed by atoms with E-state index < -0.39 is 5.82 Å². The number of carbonyl (C=O) groups is 1. The van der Waals surface area contributed by atoms with Crippen LogP contribution in [-0.4, -0.2) is 23.3 Å². The molecule has 0 unspecified atom stereocenters. The Morgan fingerprint density at radius 2 is 2.12 bits per heavy atom. The van der Waals surface area contributed by atoms with Crippen LogP contribution in [0.1, 0.15) is 5.56 Å². The number of phenols is 1. The van der Waals surface area contributed by atoms with Gasteiger partial charge in [0.05, 0.1) is 17.7 Å². The summed E-state index contributed by atoms with van der Waals surface area (Å²) in [7, 11) is 1.45. The predicted molar refractivity (Wildman–Crippen MR) is 91.9 cm³/mol. The van der Waals surface area contributed by atoms with Gasteiger partial charge in [-0.25, -0.2) is 9.38 Å². The van der Waals surface area contributed by atoms with Gasteiger partial charge in [0.25, 0.3) is 5.91 Å². The maximum Gasteiger partial charge on any atom is 0.264 e. The first kappa shape index (κ1) is 16.1. The maximum atomic E-state index is 13.2. The zero-order valence-electron chi connectivity index (χ0n) is 12.6. The molecular formula is C17H13FN2O3S. The highest BCUT2D eigenvalue weighted by molar-refractivity contribution is 8.18. The van der Waals surface area contributed by atoms with Gasteiger partial charge in [0.15, 0.2) is 16.7 Å². The molecule has 1 aliphatic heterocycles. The van der Waals surface area contributed by atoms with E-state index in [1.807, 2.05) is 0 Å². The van der Waals surface area contributed by atoms with E-state index in [0.717, 1.165) is 11.8 Å². The van der Waals surface area contributed by atoms with Gasteiger partial charge in [0.2, 0.25) is 0 Å². The molecule has 2 N–H and O–H groups in total. The molecule has 0 spiro atoms. The van der Waals surface area contributed by atoms with E-state index in [1.165, 1.54) is 25.3 Å². The van der Waals surface area contributed by atoms with Crippen LogP contribution in [0.3, 0.4) is 0 Å². The van der Waals surface area contributed by atoms with Crippen LogP contribution in [0, 0.1) is 5.82 Å². The third-order valence-corrected chi connectivity index (χ3v) is 4.10. The summed E-state index contributed by atoms with van der Waals surface area (Å²) in [5, 5.41) is 12.6. The molecular weight excluding hydrogens is 331 g/mol. The number of phenolic OH excluding ortho intramolecular Hbond substituents is 1. The smallest absolute Gasteiger partial charge is 0.264 e. The fraction of sp³-hybridized carbons (Fsp3) is 0.0588. The molecule has 2 aromatic carbocycles. The lowest BCUT2D eigenvalue weighted by molar-refractivity contribution is -0.115. The maximum absolute atomic E-state index is 13.2. The second-order valence-corrected chi connectivity index (χ2v) is 5.92. The molecule has 0 aromatic heterocycles. The minimum Gasteiger partial charge on any atom is -0.504 e. The Kier molecular flexibility index (Phi) is 4.52. The Balaban J connectivity index is 1.84. The molecule has 0 saturated carbocycles. The number of carbonyl (C=O) groups excluding carboxylic acids is 1. The monoisotopic (exact) mass is 344 g/mol. The summed E-state index contributed by atoms with van der Waals surface area (Å²) in [5.74, 6) is -0.335. The summed E-state index contributed by atoms with van der Waals surface area (Å²) >= 11 is 1.16. The summed E-state index contributed by atoms with van der Waals surface area (Å²) in [6.45, 7) is 0. The van der Waals surface area contributed by atoms with Crippen molar-refractivity contribution in [1.82, 2.24) is 5.32 Å². The van der Waals surface area contributed by atoms with E-state index in [1.54, 1.807) is 30.3 Å². The average Bonchev–Trinajstić information content (AvgIpc) is 2.88. The van der Waals surface area contributed by atoms with Crippen molar-refractivity contribution >= 4 is 34.6 Å². The Bertz CT molecular complexity index is 865. The zero-order chi connectivity index (χ0) is 17.1. The number of ether oxygens (including phenoxy) is 1. The highest BCUT2D eigenvalue weighted by atomic mass is 32.2. The average molecular weight is 344 g/mol. The van der Waals surface area contributed by atoms with Gasteiger partial charge in [0.1, 0.15) is 5.82 Å². The van der Waals surface area contributed by atoms with Crippen molar-refractivity contribution in [1.29, 1.82) is 0 Å². The minimum atomic E-state index is -0.391. The SMILES string of the molecule is COc1cc(/C=C2\SC(=Nc3cccc(F)c3)NC2=O)ccc1O. The van der Waals surface area contributed by atoms with Crippen LogP contribution in [0.15, 0.2) is 52.4 Å². The van der Waals surface area contributed by atoms with Gasteiger partial charge in [-0.05, 0) is 53.7 Å². The summed E-state index contributed by atoms with van der Waals surface area (Å²) in [6, 6.07) is 10.6. The summed E-state index contributed by atoms with van der Waals surface area (Å²) in [6.07, 6.45) is 1.66. The third-order valence-electron chi connectivity index (χ3n) is 3.19. The van der Waals surface area contributed by atoms with Crippen molar-refractivity contribution in [2.24, 2.45) is 4.99 Å². The number of nitrogens with one attached hydrogen (secondary N) is 1. The molecule has 1 aliphatic rings. The third kappa shape index (κ3) is 3.57. The fourth-order valence-corrected chi connectivity index (χ4v) is 2.92. The summed E-state index contributed by atoms with van der Waals surface area (Å²) in [5.41, 5.74) is 1.12. The van der Waals surface area contributed by atoms with Gasteiger partial charge in [-0.3, -0.25) is 4.79 Å². The first-order valence-corrected chi connectivity index (χ1v) is 7.79. The molecule has 122 valence electrons. The van der Waals surface area contributed by atoms with Gasteiger partial charge >= 0.3 is 0 Å². The van der Waals surface area contributed by atoms with Gasteiger partial charge in [0, 0.05) is 0 Å². The normalized spacial score (nSPS) is 17.3. The molecule has 1 saturated heterocycles. The highest BCUT2D eigenvalue weighted by Crippen LogP contribution is 2.31. The summed E-state index contributed by atoms with van der Waals surface area (Å²) < 4.78 is 18.2. The van der Waals surface area contributed by atoms with Crippen LogP contribution in [0.5, 0.6) is 11.5 Å². The van der Waals surface area contributed by atoms with Crippen LogP contribution >= 0.6 is 11.8 Å². The number of aliphatic imine (C=N–C) groups is 1. The van der Waals surface area contributed by atoms with Crippen molar-refractivity contribution in [3.8, 4) is 11.5 Å². The molecule has 24 heavy (non-hydrogen) atoms. The lowest BCUT2D eigenvalue weighted by Gasteiger charge is -2.03. The molecule has 0 atom stereocenters. The van der Waals surface area contributed by atoms with Crippen molar-refractivity contribution in [3.63, 3.8) is 0 Å². The number of thioether (sulfide) groups is 1. The molecule has 7 heteroatoms. The summed E-state index contributed by atoms with van der Waals surface area (Å²) in [4.78, 5) is 16.7. The number of amidine groups is 1. The van der Waals surface area contributed by atoms with Crippen LogP contribution in [0.4, 0.5) is 10.1 Å². The molecule has 0 bridgehead atoms.